The van der Waals surface area contributed by atoms with Gasteiger partial charge in [-0.3, -0.25) is 0 Å². The predicted molar refractivity (Wildman–Crippen MR) is 51.0 cm³/mol. The molecule has 0 aromatic heterocycles. The molecular formula is C11H14O. The van der Waals surface area contributed by atoms with Crippen LogP contribution in [-0.2, 0) is 0 Å². The zero-order valence-electron chi connectivity index (χ0n) is 7.49. The third-order valence-electron chi connectivity index (χ3n) is 1.76. The monoisotopic (exact) mass is 162 g/mol. The Morgan fingerprint density at radius 2 is 2.17 bits per heavy atom. The van der Waals surface area contributed by atoms with Crippen molar-refractivity contribution in [3.05, 3.63) is 47.5 Å². The van der Waals surface area contributed by atoms with Gasteiger partial charge in [0.25, 0.3) is 0 Å². The first kappa shape index (κ1) is 9.01. The van der Waals surface area contributed by atoms with Crippen molar-refractivity contribution >= 4 is 0 Å². The Hall–Kier alpha value is -1.08. The summed E-state index contributed by atoms with van der Waals surface area (Å²) < 4.78 is 0. The molecule has 0 heterocycles. The lowest BCUT2D eigenvalue weighted by atomic mass is 10.1. The average Bonchev–Trinajstić information content (AvgIpc) is 2.05. The summed E-state index contributed by atoms with van der Waals surface area (Å²) >= 11 is 0. The van der Waals surface area contributed by atoms with Crippen molar-refractivity contribution in [1.29, 1.82) is 0 Å². The molecule has 1 nitrogen and oxygen atoms in total. The Bertz CT molecular complexity index is 276. The number of rotatable bonds is 2. The van der Waals surface area contributed by atoms with Crippen LogP contribution in [0, 0.1) is 6.92 Å². The summed E-state index contributed by atoms with van der Waals surface area (Å²) in [7, 11) is 0. The molecule has 1 rings (SSSR count). The van der Waals surface area contributed by atoms with Gasteiger partial charge in [-0.05, 0) is 19.4 Å². The highest BCUT2D eigenvalue weighted by atomic mass is 16.3. The van der Waals surface area contributed by atoms with Crippen LogP contribution < -0.4 is 0 Å². The molecule has 1 atom stereocenters. The Morgan fingerprint density at radius 1 is 1.42 bits per heavy atom. The van der Waals surface area contributed by atoms with Gasteiger partial charge in [-0.25, -0.2) is 0 Å². The third-order valence-corrected chi connectivity index (χ3v) is 1.76. The van der Waals surface area contributed by atoms with Crippen LogP contribution in [0.3, 0.4) is 0 Å². The Morgan fingerprint density at radius 3 is 2.75 bits per heavy atom. The zero-order valence-corrected chi connectivity index (χ0v) is 7.49. The minimum Gasteiger partial charge on any atom is -0.384 e. The van der Waals surface area contributed by atoms with Crippen molar-refractivity contribution in [3.8, 4) is 0 Å². The lowest BCUT2D eigenvalue weighted by molar-refractivity contribution is 0.228. The van der Waals surface area contributed by atoms with E-state index in [9.17, 15) is 5.11 Å². The number of aliphatic hydroxyl groups is 1. The molecule has 0 saturated heterocycles. The van der Waals surface area contributed by atoms with Gasteiger partial charge in [0, 0.05) is 0 Å². The van der Waals surface area contributed by atoms with Crippen LogP contribution in [0.5, 0.6) is 0 Å². The maximum Gasteiger partial charge on any atom is 0.0971 e. The van der Waals surface area contributed by atoms with Gasteiger partial charge in [0.15, 0.2) is 0 Å². The molecule has 1 N–H and O–H groups in total. The van der Waals surface area contributed by atoms with Crippen molar-refractivity contribution < 1.29 is 5.11 Å². The largest absolute Gasteiger partial charge is 0.384 e. The summed E-state index contributed by atoms with van der Waals surface area (Å²) in [4.78, 5) is 0. The molecule has 0 aliphatic heterocycles. The zero-order chi connectivity index (χ0) is 8.97. The minimum absolute atomic E-state index is 0.463. The van der Waals surface area contributed by atoms with Crippen molar-refractivity contribution in [2.45, 2.75) is 20.0 Å². The fraction of sp³-hybridized carbons (Fsp3) is 0.273. The van der Waals surface area contributed by atoms with Crippen molar-refractivity contribution in [1.82, 2.24) is 0 Å². The lowest BCUT2D eigenvalue weighted by Gasteiger charge is -2.05. The van der Waals surface area contributed by atoms with Crippen LogP contribution in [-0.4, -0.2) is 5.11 Å². The highest BCUT2D eigenvalue weighted by molar-refractivity contribution is 5.26. The molecule has 12 heavy (non-hydrogen) atoms. The van der Waals surface area contributed by atoms with E-state index in [-0.39, 0.29) is 0 Å². The summed E-state index contributed by atoms with van der Waals surface area (Å²) in [6.07, 6.45) is 3.16. The van der Waals surface area contributed by atoms with Crippen LogP contribution in [0.2, 0.25) is 0 Å². The van der Waals surface area contributed by atoms with Crippen LogP contribution in [0.4, 0.5) is 0 Å². The van der Waals surface area contributed by atoms with E-state index in [0.29, 0.717) is 0 Å². The number of benzene rings is 1. The number of allylic oxidation sites excluding steroid dienone is 1. The molecule has 64 valence electrons. The van der Waals surface area contributed by atoms with E-state index < -0.39 is 6.10 Å². The summed E-state index contributed by atoms with van der Waals surface area (Å²) in [5, 5.41) is 9.56. The van der Waals surface area contributed by atoms with Gasteiger partial charge in [0.05, 0.1) is 6.10 Å². The molecular weight excluding hydrogens is 148 g/mol. The number of hydrogen-bond acceptors (Lipinski definition) is 1. The summed E-state index contributed by atoms with van der Waals surface area (Å²) in [5.74, 6) is 0. The van der Waals surface area contributed by atoms with Crippen molar-refractivity contribution in [3.63, 3.8) is 0 Å². The van der Waals surface area contributed by atoms with Crippen molar-refractivity contribution in [2.75, 3.05) is 0 Å². The normalized spacial score (nSPS) is 13.6. The highest BCUT2D eigenvalue weighted by Crippen LogP contribution is 2.14. The molecule has 0 amide bonds. The van der Waals surface area contributed by atoms with Crippen LogP contribution in [0.25, 0.3) is 0 Å². The molecule has 1 unspecified atom stereocenters. The number of aryl methyl sites for hydroxylation is 1. The fourth-order valence-electron chi connectivity index (χ4n) is 1.15. The van der Waals surface area contributed by atoms with Gasteiger partial charge in [0.2, 0.25) is 0 Å². The van der Waals surface area contributed by atoms with Crippen LogP contribution in [0.1, 0.15) is 24.2 Å². The quantitative estimate of drug-likeness (QED) is 0.663. The predicted octanol–water partition coefficient (Wildman–Crippen LogP) is 2.60. The van der Waals surface area contributed by atoms with Gasteiger partial charge in [-0.15, -0.1) is 0 Å². The molecule has 0 bridgehead atoms. The lowest BCUT2D eigenvalue weighted by Crippen LogP contribution is -1.92. The molecule has 0 saturated carbocycles. The first-order chi connectivity index (χ1) is 5.74. The van der Waals surface area contributed by atoms with Crippen molar-refractivity contribution in [2.24, 2.45) is 0 Å². The molecule has 0 aliphatic carbocycles. The second kappa shape index (κ2) is 4.07. The minimum atomic E-state index is -0.463. The molecule has 0 radical (unpaired) electrons. The topological polar surface area (TPSA) is 20.2 Å². The van der Waals surface area contributed by atoms with E-state index in [1.54, 1.807) is 6.08 Å². The molecule has 0 aliphatic rings. The van der Waals surface area contributed by atoms with Gasteiger partial charge in [-0.1, -0.05) is 42.0 Å². The van der Waals surface area contributed by atoms with E-state index in [1.807, 2.05) is 44.2 Å². The van der Waals surface area contributed by atoms with E-state index >= 15 is 0 Å². The SMILES string of the molecule is C/C=C/C(O)c1cccc(C)c1. The summed E-state index contributed by atoms with van der Waals surface area (Å²) in [5.41, 5.74) is 2.13. The third kappa shape index (κ3) is 2.21. The molecule has 1 aromatic carbocycles. The van der Waals surface area contributed by atoms with E-state index in [1.165, 1.54) is 5.56 Å². The van der Waals surface area contributed by atoms with Gasteiger partial charge < -0.3 is 5.11 Å². The fourth-order valence-corrected chi connectivity index (χ4v) is 1.15. The van der Waals surface area contributed by atoms with Gasteiger partial charge in [0.1, 0.15) is 0 Å². The maximum atomic E-state index is 9.56. The Balaban J connectivity index is 2.87. The summed E-state index contributed by atoms with van der Waals surface area (Å²) in [6.45, 7) is 3.92. The van der Waals surface area contributed by atoms with Gasteiger partial charge in [-0.2, -0.15) is 0 Å². The average molecular weight is 162 g/mol. The smallest absolute Gasteiger partial charge is 0.0971 e. The summed E-state index contributed by atoms with van der Waals surface area (Å²) in [6, 6.07) is 7.89. The maximum absolute atomic E-state index is 9.56. The molecule has 1 aromatic rings. The first-order valence-electron chi connectivity index (χ1n) is 4.11. The molecule has 0 spiro atoms. The second-order valence-electron chi connectivity index (χ2n) is 2.88. The highest BCUT2D eigenvalue weighted by Gasteiger charge is 2.01. The van der Waals surface area contributed by atoms with Gasteiger partial charge >= 0.3 is 0 Å². The van der Waals surface area contributed by atoms with E-state index in [0.717, 1.165) is 5.56 Å². The molecule has 0 fully saturated rings. The van der Waals surface area contributed by atoms with E-state index in [4.69, 9.17) is 0 Å². The Kier molecular flexibility index (Phi) is 3.06. The standard InChI is InChI=1S/C11H14O/c1-3-5-11(12)10-7-4-6-9(2)8-10/h3-8,11-12H,1-2H3/b5-3+. The number of aliphatic hydroxyl groups excluding tert-OH is 1. The van der Waals surface area contributed by atoms with E-state index in [2.05, 4.69) is 0 Å². The Labute approximate surface area is 73.4 Å². The first-order valence-corrected chi connectivity index (χ1v) is 4.11. The second-order valence-corrected chi connectivity index (χ2v) is 2.88. The molecule has 1 heteroatoms. The number of hydrogen-bond donors (Lipinski definition) is 1. The van der Waals surface area contributed by atoms with Crippen LogP contribution in [0.15, 0.2) is 36.4 Å². The van der Waals surface area contributed by atoms with Crippen LogP contribution >= 0.6 is 0 Å².